The van der Waals surface area contributed by atoms with E-state index in [2.05, 4.69) is 29.8 Å². The number of rotatable bonds is 10. The number of anilines is 1. The summed E-state index contributed by atoms with van der Waals surface area (Å²) in [4.78, 5) is 64.5. The van der Waals surface area contributed by atoms with Gasteiger partial charge in [-0.05, 0) is 86.8 Å². The Kier molecular flexibility index (Phi) is 9.08. The molecule has 3 aromatic rings. The molecule has 2 aliphatic carbocycles. The van der Waals surface area contributed by atoms with Crippen molar-refractivity contribution in [2.24, 2.45) is 23.2 Å². The van der Waals surface area contributed by atoms with Crippen molar-refractivity contribution in [3.63, 3.8) is 0 Å². The van der Waals surface area contributed by atoms with Crippen LogP contribution in [-0.2, 0) is 20.9 Å². The first-order chi connectivity index (χ1) is 21.0. The second-order valence-corrected chi connectivity index (χ2v) is 13.2. The number of carbonyl (C=O) groups excluding carboxylic acids is 4. The first kappa shape index (κ1) is 31.2. The molecule has 10 nitrogen and oxygen atoms in total. The van der Waals surface area contributed by atoms with Crippen molar-refractivity contribution >= 4 is 40.2 Å². The van der Waals surface area contributed by atoms with E-state index < -0.39 is 29.5 Å². The summed E-state index contributed by atoms with van der Waals surface area (Å²) in [6, 6.07) is 9.25. The van der Waals surface area contributed by atoms with Crippen LogP contribution >= 0.6 is 0 Å². The van der Waals surface area contributed by atoms with Crippen molar-refractivity contribution in [2.75, 3.05) is 12.4 Å². The molecule has 234 valence electrons. The number of fused-ring (bicyclic) bond motifs is 3. The van der Waals surface area contributed by atoms with Gasteiger partial charge < -0.3 is 24.9 Å². The summed E-state index contributed by atoms with van der Waals surface area (Å²) in [6.45, 7) is 6.90. The number of furan rings is 1. The van der Waals surface area contributed by atoms with E-state index in [1.807, 2.05) is 12.1 Å². The van der Waals surface area contributed by atoms with E-state index >= 15 is 0 Å². The molecule has 2 heterocycles. The van der Waals surface area contributed by atoms with E-state index in [1.54, 1.807) is 35.9 Å². The summed E-state index contributed by atoms with van der Waals surface area (Å²) in [5.41, 5.74) is 0.884. The van der Waals surface area contributed by atoms with Gasteiger partial charge in [0.1, 0.15) is 17.3 Å². The third-order valence-electron chi connectivity index (χ3n) is 9.34. The lowest BCUT2D eigenvalue weighted by Gasteiger charge is -2.47. The highest BCUT2D eigenvalue weighted by Gasteiger charge is 2.41. The van der Waals surface area contributed by atoms with E-state index in [0.29, 0.717) is 29.5 Å². The number of aryl methyl sites for hydroxylation is 1. The van der Waals surface area contributed by atoms with Gasteiger partial charge in [-0.25, -0.2) is 0 Å². The van der Waals surface area contributed by atoms with Gasteiger partial charge in [0.2, 0.25) is 11.7 Å². The Bertz CT molecular complexity index is 1620. The molecule has 5 rings (SSSR count). The highest BCUT2D eigenvalue weighted by molar-refractivity contribution is 6.36. The molecule has 2 aliphatic rings. The first-order valence-electron chi connectivity index (χ1n) is 15.5. The number of nitrogens with zero attached hydrogens (tertiary/aromatic N) is 1. The maximum absolute atomic E-state index is 13.6. The van der Waals surface area contributed by atoms with Crippen molar-refractivity contribution < 1.29 is 23.6 Å². The molecule has 3 atom stereocenters. The SMILES string of the molecule is CNC(=O)C(=O)CC[C@H](NC(=O)c1oc2ccccc2c1C)C(=O)Nc1cccn(CC2(C)CC3CC(C)CC(C3)C2)c1=O. The Labute approximate surface area is 257 Å². The minimum Gasteiger partial charge on any atom is -0.451 e. The largest absolute Gasteiger partial charge is 0.451 e. The molecule has 44 heavy (non-hydrogen) atoms. The molecule has 2 fully saturated rings. The van der Waals surface area contributed by atoms with Gasteiger partial charge in [0.15, 0.2) is 5.76 Å². The van der Waals surface area contributed by atoms with Crippen molar-refractivity contribution in [1.82, 2.24) is 15.2 Å². The van der Waals surface area contributed by atoms with Gasteiger partial charge in [-0.2, -0.15) is 0 Å². The van der Waals surface area contributed by atoms with Gasteiger partial charge in [-0.15, -0.1) is 0 Å². The van der Waals surface area contributed by atoms with Gasteiger partial charge in [0.25, 0.3) is 17.4 Å². The number of para-hydroxylation sites is 1. The van der Waals surface area contributed by atoms with Crippen LogP contribution in [0.3, 0.4) is 0 Å². The number of hydrogen-bond acceptors (Lipinski definition) is 6. The normalized spacial score (nSPS) is 23.5. The molecule has 1 aromatic carbocycles. The second-order valence-electron chi connectivity index (χ2n) is 13.2. The second kappa shape index (κ2) is 12.8. The fourth-order valence-corrected chi connectivity index (χ4v) is 7.64. The van der Waals surface area contributed by atoms with Crippen LogP contribution in [0.1, 0.15) is 74.9 Å². The monoisotopic (exact) mass is 602 g/mol. The van der Waals surface area contributed by atoms with Crippen molar-refractivity contribution in [3.05, 3.63) is 64.3 Å². The average Bonchev–Trinajstić information content (AvgIpc) is 3.32. The van der Waals surface area contributed by atoms with Gasteiger partial charge >= 0.3 is 0 Å². The third-order valence-corrected chi connectivity index (χ3v) is 9.34. The third kappa shape index (κ3) is 6.79. The van der Waals surface area contributed by atoms with Crippen LogP contribution in [0.5, 0.6) is 0 Å². The lowest BCUT2D eigenvalue weighted by molar-refractivity contribution is -0.137. The van der Waals surface area contributed by atoms with Gasteiger partial charge in [-0.3, -0.25) is 24.0 Å². The number of ketones is 1. The number of hydrogen-bond donors (Lipinski definition) is 3. The Morgan fingerprint density at radius 1 is 1.05 bits per heavy atom. The van der Waals surface area contributed by atoms with Crippen LogP contribution in [0.2, 0.25) is 0 Å². The zero-order chi connectivity index (χ0) is 31.6. The maximum atomic E-state index is 13.6. The van der Waals surface area contributed by atoms with Crippen molar-refractivity contribution in [2.45, 2.75) is 78.3 Å². The van der Waals surface area contributed by atoms with E-state index in [-0.39, 0.29) is 35.3 Å². The molecule has 2 bridgehead atoms. The van der Waals surface area contributed by atoms with Crippen LogP contribution in [0.15, 0.2) is 51.8 Å². The van der Waals surface area contributed by atoms with Crippen LogP contribution in [0.4, 0.5) is 5.69 Å². The maximum Gasteiger partial charge on any atom is 0.287 e. The number of nitrogens with one attached hydrogen (secondary N) is 3. The number of benzene rings is 1. The van der Waals surface area contributed by atoms with E-state index in [9.17, 15) is 24.0 Å². The zero-order valence-corrected chi connectivity index (χ0v) is 25.9. The topological polar surface area (TPSA) is 140 Å². The molecule has 2 unspecified atom stereocenters. The Morgan fingerprint density at radius 3 is 2.43 bits per heavy atom. The summed E-state index contributed by atoms with van der Waals surface area (Å²) in [7, 11) is 1.34. The van der Waals surface area contributed by atoms with Crippen LogP contribution in [-0.4, -0.2) is 41.2 Å². The molecular formula is C34H42N4O6. The average molecular weight is 603 g/mol. The molecule has 0 saturated heterocycles. The molecule has 2 saturated carbocycles. The lowest BCUT2D eigenvalue weighted by Crippen LogP contribution is -2.45. The minimum atomic E-state index is -1.21. The van der Waals surface area contributed by atoms with Crippen LogP contribution < -0.4 is 21.5 Å². The Balaban J connectivity index is 1.33. The summed E-state index contributed by atoms with van der Waals surface area (Å²) < 4.78 is 7.43. The van der Waals surface area contributed by atoms with Gasteiger partial charge in [0.05, 0.1) is 0 Å². The number of aromatic nitrogens is 1. The summed E-state index contributed by atoms with van der Waals surface area (Å²) in [5, 5.41) is 8.39. The number of likely N-dealkylation sites (N-methyl/N-ethyl adjacent to an activating group) is 1. The summed E-state index contributed by atoms with van der Waals surface area (Å²) in [6.07, 6.45) is 7.21. The fraction of sp³-hybridized carbons (Fsp3) is 0.500. The smallest absolute Gasteiger partial charge is 0.287 e. The molecule has 0 aliphatic heterocycles. The highest BCUT2D eigenvalue weighted by Crippen LogP contribution is 2.50. The van der Waals surface area contributed by atoms with Crippen LogP contribution in [0.25, 0.3) is 11.0 Å². The predicted octanol–water partition coefficient (Wildman–Crippen LogP) is 4.59. The van der Waals surface area contributed by atoms with Gasteiger partial charge in [-0.1, -0.05) is 32.0 Å². The quantitative estimate of drug-likeness (QED) is 0.290. The molecule has 0 spiro atoms. The molecular weight excluding hydrogens is 560 g/mol. The zero-order valence-electron chi connectivity index (χ0n) is 25.9. The van der Waals surface area contributed by atoms with Crippen molar-refractivity contribution in [1.29, 1.82) is 0 Å². The van der Waals surface area contributed by atoms with Gasteiger partial charge in [0, 0.05) is 37.2 Å². The van der Waals surface area contributed by atoms with Crippen molar-refractivity contribution in [3.8, 4) is 0 Å². The predicted molar refractivity (Wildman–Crippen MR) is 167 cm³/mol. The van der Waals surface area contributed by atoms with E-state index in [1.165, 1.54) is 32.4 Å². The lowest BCUT2D eigenvalue weighted by atomic mass is 9.59. The molecule has 0 radical (unpaired) electrons. The number of carbonyl (C=O) groups is 4. The molecule has 10 heteroatoms. The first-order valence-corrected chi connectivity index (χ1v) is 15.5. The highest BCUT2D eigenvalue weighted by atomic mass is 16.3. The number of amides is 3. The Morgan fingerprint density at radius 2 is 1.75 bits per heavy atom. The Hall–Kier alpha value is -4.21. The molecule has 3 amide bonds. The molecule has 3 N–H and O–H groups in total. The molecule has 2 aromatic heterocycles. The van der Waals surface area contributed by atoms with Crippen LogP contribution in [0, 0.1) is 30.1 Å². The van der Waals surface area contributed by atoms with E-state index in [0.717, 1.165) is 24.1 Å². The summed E-state index contributed by atoms with van der Waals surface area (Å²) in [5.74, 6) is -0.660. The summed E-state index contributed by atoms with van der Waals surface area (Å²) >= 11 is 0. The number of Topliss-reactive ketones (excluding diaryl/α,β-unsaturated/α-hetero) is 1. The fourth-order valence-electron chi connectivity index (χ4n) is 7.64. The van der Waals surface area contributed by atoms with E-state index in [4.69, 9.17) is 4.42 Å². The number of pyridine rings is 1. The standard InChI is InChI=1S/C34H42N4O6/c1-20-14-22-16-23(15-20)18-34(3,17-22)19-38-13-7-9-26(33(38)43)37-30(40)25(11-12-27(39)31(41)35-4)36-32(42)29-21(2)24-8-5-6-10-28(24)44-29/h5-10,13,20,22-23,25H,11-12,14-19H2,1-4H3,(H,35,41)(H,36,42)(H,37,40)/t20?,22?,23?,25-,34?/m0/s1. The minimum absolute atomic E-state index is 0.0126.